The topological polar surface area (TPSA) is 63.9 Å². The van der Waals surface area contributed by atoms with Crippen molar-refractivity contribution in [2.45, 2.75) is 17.3 Å². The number of methoxy groups -OCH3 is 1. The van der Waals surface area contributed by atoms with Gasteiger partial charge in [-0.15, -0.1) is 5.10 Å². The van der Waals surface area contributed by atoms with Crippen molar-refractivity contribution in [1.29, 1.82) is 0 Å². The predicted molar refractivity (Wildman–Crippen MR) is 80.5 cm³/mol. The van der Waals surface area contributed by atoms with E-state index in [2.05, 4.69) is 15.2 Å². The Morgan fingerprint density at radius 1 is 1.24 bits per heavy atom. The first-order valence-electron chi connectivity index (χ1n) is 6.53. The molecule has 0 spiro atoms. The number of benzene rings is 1. The molecule has 0 unspecified atom stereocenters. The number of rotatable bonds is 6. The Labute approximate surface area is 126 Å². The summed E-state index contributed by atoms with van der Waals surface area (Å²) < 4.78 is 10.6. The van der Waals surface area contributed by atoms with Gasteiger partial charge >= 0.3 is 0 Å². The molecule has 3 rings (SSSR count). The number of ether oxygens (including phenoxy) is 1. The summed E-state index contributed by atoms with van der Waals surface area (Å²) in [7, 11) is 1.67. The van der Waals surface area contributed by atoms with Crippen molar-refractivity contribution in [3.63, 3.8) is 0 Å². The third-order valence-electron chi connectivity index (χ3n) is 2.99. The minimum Gasteiger partial charge on any atom is -0.496 e. The molecule has 5 nitrogen and oxygen atoms in total. The van der Waals surface area contributed by atoms with Crippen LogP contribution in [-0.4, -0.2) is 22.3 Å². The molecule has 0 fully saturated rings. The van der Waals surface area contributed by atoms with Crippen molar-refractivity contribution in [2.75, 3.05) is 7.11 Å². The highest BCUT2D eigenvalue weighted by atomic mass is 32.2. The van der Waals surface area contributed by atoms with Crippen LogP contribution in [0.2, 0.25) is 0 Å². The minimum atomic E-state index is 0.665. The summed E-state index contributed by atoms with van der Waals surface area (Å²) in [5.41, 5.74) is 1.08. The third kappa shape index (κ3) is 3.46. The molecule has 108 valence electrons. The Morgan fingerprint density at radius 3 is 2.95 bits per heavy atom. The van der Waals surface area contributed by atoms with Crippen molar-refractivity contribution < 1.29 is 9.15 Å². The number of nitrogens with one attached hydrogen (secondary N) is 1. The first kappa shape index (κ1) is 13.8. The largest absolute Gasteiger partial charge is 0.496 e. The maximum atomic E-state index is 5.34. The zero-order valence-corrected chi connectivity index (χ0v) is 12.4. The molecule has 2 aromatic heterocycles. The lowest BCUT2D eigenvalue weighted by Crippen LogP contribution is -1.95. The lowest BCUT2D eigenvalue weighted by molar-refractivity contribution is 0.410. The fourth-order valence-corrected chi connectivity index (χ4v) is 2.70. The van der Waals surface area contributed by atoms with Crippen molar-refractivity contribution in [2.24, 2.45) is 0 Å². The molecule has 0 atom stereocenters. The average molecular weight is 301 g/mol. The summed E-state index contributed by atoms with van der Waals surface area (Å²) >= 11 is 1.54. The van der Waals surface area contributed by atoms with Gasteiger partial charge in [0.05, 0.1) is 19.1 Å². The van der Waals surface area contributed by atoms with Crippen molar-refractivity contribution in [3.05, 3.63) is 59.8 Å². The number of para-hydroxylation sites is 1. The van der Waals surface area contributed by atoms with E-state index in [1.54, 1.807) is 25.1 Å². The van der Waals surface area contributed by atoms with Crippen molar-refractivity contribution in [1.82, 2.24) is 15.2 Å². The van der Waals surface area contributed by atoms with Crippen LogP contribution in [0.4, 0.5) is 0 Å². The molecule has 21 heavy (non-hydrogen) atoms. The molecule has 6 heteroatoms. The van der Waals surface area contributed by atoms with Gasteiger partial charge in [0, 0.05) is 12.0 Å². The lowest BCUT2D eigenvalue weighted by atomic mass is 10.1. The van der Waals surface area contributed by atoms with Crippen LogP contribution in [0.5, 0.6) is 5.75 Å². The zero-order valence-electron chi connectivity index (χ0n) is 11.6. The van der Waals surface area contributed by atoms with Crippen LogP contribution in [-0.2, 0) is 12.2 Å². The van der Waals surface area contributed by atoms with Crippen LogP contribution < -0.4 is 4.74 Å². The van der Waals surface area contributed by atoms with Gasteiger partial charge in [-0.2, -0.15) is 0 Å². The molecule has 0 saturated heterocycles. The van der Waals surface area contributed by atoms with Gasteiger partial charge in [-0.25, -0.2) is 4.98 Å². The molecule has 2 heterocycles. The maximum absolute atomic E-state index is 5.34. The second-order valence-corrected chi connectivity index (χ2v) is 5.36. The third-order valence-corrected chi connectivity index (χ3v) is 3.85. The highest BCUT2D eigenvalue weighted by molar-refractivity contribution is 7.98. The van der Waals surface area contributed by atoms with Gasteiger partial charge in [-0.1, -0.05) is 30.0 Å². The first-order chi connectivity index (χ1) is 10.3. The van der Waals surface area contributed by atoms with E-state index in [1.807, 2.05) is 36.4 Å². The van der Waals surface area contributed by atoms with Crippen molar-refractivity contribution >= 4 is 11.8 Å². The Balaban J connectivity index is 1.64. The van der Waals surface area contributed by atoms with E-state index in [0.29, 0.717) is 6.42 Å². The molecule has 0 radical (unpaired) electrons. The van der Waals surface area contributed by atoms with Gasteiger partial charge in [0.25, 0.3) is 0 Å². The normalized spacial score (nSPS) is 10.7. The summed E-state index contributed by atoms with van der Waals surface area (Å²) in [6, 6.07) is 11.7. The average Bonchev–Trinajstić information content (AvgIpc) is 3.17. The van der Waals surface area contributed by atoms with Crippen LogP contribution in [0.25, 0.3) is 0 Å². The number of thioether (sulfide) groups is 1. The fraction of sp³-hybridized carbons (Fsp3) is 0.200. The highest BCUT2D eigenvalue weighted by Crippen LogP contribution is 2.22. The second-order valence-electron chi connectivity index (χ2n) is 4.42. The molecule has 1 N–H and O–H groups in total. The molecule has 3 aromatic rings. The van der Waals surface area contributed by atoms with E-state index in [-0.39, 0.29) is 0 Å². The summed E-state index contributed by atoms with van der Waals surface area (Å²) in [6.07, 6.45) is 2.33. The molecule has 0 bridgehead atoms. The molecule has 0 amide bonds. The Kier molecular flexibility index (Phi) is 4.25. The summed E-state index contributed by atoms with van der Waals surface area (Å²) in [4.78, 5) is 4.48. The lowest BCUT2D eigenvalue weighted by Gasteiger charge is -2.05. The van der Waals surface area contributed by atoms with Gasteiger partial charge in [0.2, 0.25) is 5.16 Å². The maximum Gasteiger partial charge on any atom is 0.208 e. The highest BCUT2D eigenvalue weighted by Gasteiger charge is 2.08. The SMILES string of the molecule is COc1ccccc1Cc1nc(SCc2ccco2)n[nH]1. The number of nitrogens with zero attached hydrogens (tertiary/aromatic N) is 2. The second kappa shape index (κ2) is 6.49. The Bertz CT molecular complexity index is 695. The van der Waals surface area contributed by atoms with Crippen LogP contribution in [0.1, 0.15) is 17.1 Å². The van der Waals surface area contributed by atoms with E-state index in [1.165, 1.54) is 0 Å². The number of hydrogen-bond donors (Lipinski definition) is 1. The van der Waals surface area contributed by atoms with E-state index in [0.717, 1.165) is 33.8 Å². The molecule has 0 aliphatic carbocycles. The number of aromatic amines is 1. The van der Waals surface area contributed by atoms with Crippen LogP contribution in [0.15, 0.2) is 52.2 Å². The Morgan fingerprint density at radius 2 is 2.14 bits per heavy atom. The molecule has 1 aromatic carbocycles. The molecular formula is C15H15N3O2S. The number of H-pyrrole nitrogens is 1. The zero-order chi connectivity index (χ0) is 14.5. The first-order valence-corrected chi connectivity index (χ1v) is 7.52. The fourth-order valence-electron chi connectivity index (χ4n) is 1.98. The summed E-state index contributed by atoms with van der Waals surface area (Å²) in [5, 5.41) is 7.90. The van der Waals surface area contributed by atoms with Crippen molar-refractivity contribution in [3.8, 4) is 5.75 Å². The van der Waals surface area contributed by atoms with E-state index in [4.69, 9.17) is 9.15 Å². The van der Waals surface area contributed by atoms with E-state index in [9.17, 15) is 0 Å². The Hall–Kier alpha value is -2.21. The van der Waals surface area contributed by atoms with E-state index < -0.39 is 0 Å². The van der Waals surface area contributed by atoms with Gasteiger partial charge < -0.3 is 9.15 Å². The van der Waals surface area contributed by atoms with Gasteiger partial charge in [0.1, 0.15) is 17.3 Å². The molecule has 0 aliphatic rings. The summed E-state index contributed by atoms with van der Waals surface area (Å²) in [6.45, 7) is 0. The number of hydrogen-bond acceptors (Lipinski definition) is 5. The van der Waals surface area contributed by atoms with Gasteiger partial charge in [-0.3, -0.25) is 5.10 Å². The molecular weight excluding hydrogens is 286 g/mol. The standard InChI is InChI=1S/C15H15N3O2S/c1-19-13-7-3-2-5-11(13)9-14-16-15(18-17-14)21-10-12-6-4-8-20-12/h2-8H,9-10H2,1H3,(H,16,17,18). The summed E-state index contributed by atoms with van der Waals surface area (Å²) in [5.74, 6) is 3.31. The van der Waals surface area contributed by atoms with Gasteiger partial charge in [0.15, 0.2) is 0 Å². The van der Waals surface area contributed by atoms with Crippen LogP contribution in [0, 0.1) is 0 Å². The number of aromatic nitrogens is 3. The minimum absolute atomic E-state index is 0.665. The van der Waals surface area contributed by atoms with Gasteiger partial charge in [-0.05, 0) is 18.2 Å². The van der Waals surface area contributed by atoms with E-state index >= 15 is 0 Å². The molecule has 0 saturated carbocycles. The quantitative estimate of drug-likeness (QED) is 0.708. The smallest absolute Gasteiger partial charge is 0.208 e. The predicted octanol–water partition coefficient (Wildman–Crippen LogP) is 3.29. The number of furan rings is 1. The monoisotopic (exact) mass is 301 g/mol. The van der Waals surface area contributed by atoms with Crippen LogP contribution >= 0.6 is 11.8 Å². The molecule has 0 aliphatic heterocycles. The van der Waals surface area contributed by atoms with Crippen LogP contribution in [0.3, 0.4) is 0 Å².